The van der Waals surface area contributed by atoms with Crippen LogP contribution in [0, 0.1) is 0 Å². The van der Waals surface area contributed by atoms with E-state index in [9.17, 15) is 4.79 Å². The molecule has 0 aliphatic rings. The van der Waals surface area contributed by atoms with Crippen molar-refractivity contribution in [1.29, 1.82) is 0 Å². The van der Waals surface area contributed by atoms with E-state index in [4.69, 9.17) is 5.73 Å². The number of thioether (sulfide) groups is 1. The Morgan fingerprint density at radius 1 is 0.947 bits per heavy atom. The van der Waals surface area contributed by atoms with Crippen LogP contribution in [0.15, 0.2) is 59.5 Å². The SMILES string of the molecule is NC(=O)CSc1ccc(C=Cc2ccccc2)cc1. The number of carbonyl (C=O) groups is 1. The zero-order chi connectivity index (χ0) is 13.5. The Balaban J connectivity index is 1.99. The number of primary amides is 1. The molecular weight excluding hydrogens is 254 g/mol. The summed E-state index contributed by atoms with van der Waals surface area (Å²) in [5.74, 6) is 0.0252. The van der Waals surface area contributed by atoms with Crippen molar-refractivity contribution in [3.8, 4) is 0 Å². The third-order valence-corrected chi connectivity index (χ3v) is 3.56. The van der Waals surface area contributed by atoms with E-state index in [0.29, 0.717) is 5.75 Å². The Morgan fingerprint density at radius 2 is 1.53 bits per heavy atom. The van der Waals surface area contributed by atoms with Crippen molar-refractivity contribution < 1.29 is 4.79 Å². The predicted octanol–water partition coefficient (Wildman–Crippen LogP) is 3.43. The van der Waals surface area contributed by atoms with E-state index in [-0.39, 0.29) is 5.91 Å². The van der Waals surface area contributed by atoms with Crippen molar-refractivity contribution in [3.05, 3.63) is 65.7 Å². The van der Waals surface area contributed by atoms with Gasteiger partial charge in [-0.05, 0) is 23.3 Å². The first-order valence-corrected chi connectivity index (χ1v) is 6.97. The zero-order valence-electron chi connectivity index (χ0n) is 10.5. The van der Waals surface area contributed by atoms with Gasteiger partial charge in [-0.3, -0.25) is 4.79 Å². The molecule has 1 amide bonds. The Labute approximate surface area is 117 Å². The van der Waals surface area contributed by atoms with Crippen molar-refractivity contribution >= 4 is 29.8 Å². The minimum Gasteiger partial charge on any atom is -0.369 e. The van der Waals surface area contributed by atoms with E-state index in [0.717, 1.165) is 10.5 Å². The molecule has 0 aromatic heterocycles. The average Bonchev–Trinajstić information content (AvgIpc) is 2.45. The standard InChI is InChI=1S/C16H15NOS/c17-16(18)12-19-15-10-8-14(9-11-15)7-6-13-4-2-1-3-5-13/h1-11H,12H2,(H2,17,18). The van der Waals surface area contributed by atoms with Crippen molar-refractivity contribution in [1.82, 2.24) is 0 Å². The molecule has 0 aliphatic heterocycles. The van der Waals surface area contributed by atoms with Crippen LogP contribution in [0.5, 0.6) is 0 Å². The number of hydrogen-bond donors (Lipinski definition) is 1. The van der Waals surface area contributed by atoms with E-state index >= 15 is 0 Å². The van der Waals surface area contributed by atoms with Crippen LogP contribution in [0.25, 0.3) is 12.2 Å². The van der Waals surface area contributed by atoms with Crippen LogP contribution in [0.1, 0.15) is 11.1 Å². The van der Waals surface area contributed by atoms with Gasteiger partial charge in [0.25, 0.3) is 0 Å². The van der Waals surface area contributed by atoms with Crippen molar-refractivity contribution in [3.63, 3.8) is 0 Å². The normalized spacial score (nSPS) is 10.7. The number of carbonyl (C=O) groups excluding carboxylic acids is 1. The molecule has 2 aromatic rings. The summed E-state index contributed by atoms with van der Waals surface area (Å²) in [6.07, 6.45) is 4.14. The van der Waals surface area contributed by atoms with Crippen LogP contribution >= 0.6 is 11.8 Å². The van der Waals surface area contributed by atoms with Gasteiger partial charge in [-0.25, -0.2) is 0 Å². The van der Waals surface area contributed by atoms with Crippen LogP contribution in [0.4, 0.5) is 0 Å². The highest BCUT2D eigenvalue weighted by molar-refractivity contribution is 8.00. The molecule has 0 saturated heterocycles. The van der Waals surface area contributed by atoms with E-state index in [1.165, 1.54) is 17.3 Å². The predicted molar refractivity (Wildman–Crippen MR) is 81.7 cm³/mol. The van der Waals surface area contributed by atoms with Gasteiger partial charge in [-0.1, -0.05) is 54.6 Å². The van der Waals surface area contributed by atoms with E-state index in [1.54, 1.807) is 0 Å². The number of amides is 1. The van der Waals surface area contributed by atoms with Crippen LogP contribution in [0.3, 0.4) is 0 Å². The second-order valence-corrected chi connectivity index (χ2v) is 5.12. The van der Waals surface area contributed by atoms with E-state index in [1.807, 2.05) is 42.5 Å². The Kier molecular flexibility index (Phi) is 4.81. The molecule has 0 fully saturated rings. The fraction of sp³-hybridized carbons (Fsp3) is 0.0625. The number of nitrogens with two attached hydrogens (primary N) is 1. The lowest BCUT2D eigenvalue weighted by Crippen LogP contribution is -2.12. The first-order valence-electron chi connectivity index (χ1n) is 5.98. The Bertz CT molecular complexity index is 561. The third kappa shape index (κ3) is 4.64. The highest BCUT2D eigenvalue weighted by Gasteiger charge is 1.97. The van der Waals surface area contributed by atoms with Crippen molar-refractivity contribution in [2.24, 2.45) is 5.73 Å². The molecule has 0 spiro atoms. The summed E-state index contributed by atoms with van der Waals surface area (Å²) in [6, 6.07) is 18.2. The molecule has 3 heteroatoms. The average molecular weight is 269 g/mol. The lowest BCUT2D eigenvalue weighted by Gasteiger charge is -2.00. The quantitative estimate of drug-likeness (QED) is 0.667. The molecule has 0 aliphatic carbocycles. The molecule has 2 rings (SSSR count). The van der Waals surface area contributed by atoms with Gasteiger partial charge in [-0.2, -0.15) is 0 Å². The lowest BCUT2D eigenvalue weighted by molar-refractivity contribution is -0.115. The van der Waals surface area contributed by atoms with E-state index < -0.39 is 0 Å². The second-order valence-electron chi connectivity index (χ2n) is 4.07. The van der Waals surface area contributed by atoms with Gasteiger partial charge >= 0.3 is 0 Å². The third-order valence-electron chi connectivity index (χ3n) is 2.53. The molecule has 0 unspecified atom stereocenters. The first-order chi connectivity index (χ1) is 9.24. The lowest BCUT2D eigenvalue weighted by atomic mass is 10.1. The number of rotatable bonds is 5. The first kappa shape index (κ1) is 13.4. The van der Waals surface area contributed by atoms with Crippen LogP contribution in [0.2, 0.25) is 0 Å². The van der Waals surface area contributed by atoms with Gasteiger partial charge in [0, 0.05) is 4.90 Å². The molecule has 0 heterocycles. The van der Waals surface area contributed by atoms with Gasteiger partial charge in [-0.15, -0.1) is 11.8 Å². The maximum Gasteiger partial charge on any atom is 0.227 e. The summed E-state index contributed by atoms with van der Waals surface area (Å²) < 4.78 is 0. The highest BCUT2D eigenvalue weighted by Crippen LogP contribution is 2.18. The Hall–Kier alpha value is -2.00. The number of hydrogen-bond acceptors (Lipinski definition) is 2. The zero-order valence-corrected chi connectivity index (χ0v) is 11.3. The van der Waals surface area contributed by atoms with Gasteiger partial charge in [0.15, 0.2) is 0 Å². The molecular formula is C16H15NOS. The molecule has 19 heavy (non-hydrogen) atoms. The molecule has 2 nitrogen and oxygen atoms in total. The molecule has 96 valence electrons. The smallest absolute Gasteiger partial charge is 0.227 e. The van der Waals surface area contributed by atoms with Gasteiger partial charge in [0.05, 0.1) is 5.75 Å². The summed E-state index contributed by atoms with van der Waals surface area (Å²) >= 11 is 1.45. The van der Waals surface area contributed by atoms with Gasteiger partial charge < -0.3 is 5.73 Å². The minimum atomic E-state index is -0.293. The van der Waals surface area contributed by atoms with Crippen molar-refractivity contribution in [2.45, 2.75) is 4.90 Å². The minimum absolute atomic E-state index is 0.293. The van der Waals surface area contributed by atoms with Crippen LogP contribution in [-0.4, -0.2) is 11.7 Å². The Morgan fingerprint density at radius 3 is 2.11 bits per heavy atom. The van der Waals surface area contributed by atoms with Crippen molar-refractivity contribution in [2.75, 3.05) is 5.75 Å². The maximum absolute atomic E-state index is 10.7. The summed E-state index contributed by atoms with van der Waals surface area (Å²) in [6.45, 7) is 0. The monoisotopic (exact) mass is 269 g/mol. The second kappa shape index (κ2) is 6.81. The fourth-order valence-electron chi connectivity index (χ4n) is 1.59. The fourth-order valence-corrected chi connectivity index (χ4v) is 2.22. The molecule has 0 bridgehead atoms. The summed E-state index contributed by atoms with van der Waals surface area (Å²) in [5.41, 5.74) is 7.42. The largest absolute Gasteiger partial charge is 0.369 e. The van der Waals surface area contributed by atoms with Crippen LogP contribution < -0.4 is 5.73 Å². The summed E-state index contributed by atoms with van der Waals surface area (Å²) in [4.78, 5) is 11.7. The maximum atomic E-state index is 10.7. The molecule has 0 saturated carbocycles. The topological polar surface area (TPSA) is 43.1 Å². The number of benzene rings is 2. The molecule has 0 radical (unpaired) electrons. The molecule has 2 N–H and O–H groups in total. The van der Waals surface area contributed by atoms with Crippen LogP contribution in [-0.2, 0) is 4.79 Å². The molecule has 2 aromatic carbocycles. The van der Waals surface area contributed by atoms with E-state index in [2.05, 4.69) is 24.3 Å². The molecule has 0 atom stereocenters. The summed E-state index contributed by atoms with van der Waals surface area (Å²) in [5, 5.41) is 0. The summed E-state index contributed by atoms with van der Waals surface area (Å²) in [7, 11) is 0. The van der Waals surface area contributed by atoms with Gasteiger partial charge in [0.1, 0.15) is 0 Å². The highest BCUT2D eigenvalue weighted by atomic mass is 32.2. The van der Waals surface area contributed by atoms with Gasteiger partial charge in [0.2, 0.25) is 5.91 Å².